The Hall–Kier alpha value is -3.34. The van der Waals surface area contributed by atoms with E-state index in [1.54, 1.807) is 12.1 Å². The molecule has 0 fully saturated rings. The number of hydrogen-bond acceptors (Lipinski definition) is 3. The largest absolute Gasteiger partial charge is 0.451 e. The Morgan fingerprint density at radius 2 is 1.86 bits per heavy atom. The molecule has 3 aromatic rings. The Morgan fingerprint density at radius 3 is 2.69 bits per heavy atom. The van der Waals surface area contributed by atoms with E-state index in [0.717, 1.165) is 18.4 Å². The van der Waals surface area contributed by atoms with Crippen LogP contribution in [0.2, 0.25) is 0 Å². The van der Waals surface area contributed by atoms with Gasteiger partial charge in [0, 0.05) is 30.8 Å². The molecular weight excluding hydrogens is 364 g/mol. The monoisotopic (exact) mass is 388 g/mol. The van der Waals surface area contributed by atoms with Crippen LogP contribution in [-0.2, 0) is 13.0 Å². The highest BCUT2D eigenvalue weighted by molar-refractivity contribution is 5.96. The summed E-state index contributed by atoms with van der Waals surface area (Å²) < 4.78 is 5.72. The summed E-state index contributed by atoms with van der Waals surface area (Å²) in [5.74, 6) is 0.634. The van der Waals surface area contributed by atoms with Gasteiger partial charge in [-0.15, -0.1) is 0 Å². The third kappa shape index (κ3) is 4.09. The molecular formula is C24H24N2O3. The van der Waals surface area contributed by atoms with Crippen LogP contribution in [0.15, 0.2) is 65.1 Å². The molecule has 1 aromatic heterocycles. The van der Waals surface area contributed by atoms with E-state index in [1.807, 2.05) is 48.2 Å². The summed E-state index contributed by atoms with van der Waals surface area (Å²) in [4.78, 5) is 27.0. The maximum Gasteiger partial charge on any atom is 0.287 e. The molecule has 0 saturated carbocycles. The summed E-state index contributed by atoms with van der Waals surface area (Å²) in [6.45, 7) is 3.94. The molecule has 0 radical (unpaired) electrons. The van der Waals surface area contributed by atoms with Gasteiger partial charge in [-0.2, -0.15) is 0 Å². The first kappa shape index (κ1) is 19.0. The number of carbonyl (C=O) groups excluding carboxylic acids is 2. The van der Waals surface area contributed by atoms with Crippen LogP contribution in [0, 0.1) is 0 Å². The first-order valence-electron chi connectivity index (χ1n) is 10.00. The van der Waals surface area contributed by atoms with Gasteiger partial charge in [0.15, 0.2) is 5.76 Å². The van der Waals surface area contributed by atoms with E-state index < -0.39 is 0 Å². The molecule has 0 spiro atoms. The molecule has 2 aromatic carbocycles. The molecule has 29 heavy (non-hydrogen) atoms. The molecule has 5 heteroatoms. The zero-order valence-corrected chi connectivity index (χ0v) is 16.5. The lowest BCUT2D eigenvalue weighted by Gasteiger charge is -2.29. The van der Waals surface area contributed by atoms with Crippen molar-refractivity contribution < 1.29 is 14.0 Å². The van der Waals surface area contributed by atoms with Gasteiger partial charge in [-0.25, -0.2) is 0 Å². The van der Waals surface area contributed by atoms with Crippen LogP contribution < -0.4 is 5.32 Å². The van der Waals surface area contributed by atoms with Crippen LogP contribution >= 0.6 is 0 Å². The average Bonchev–Trinajstić information content (AvgIpc) is 3.27. The number of amides is 2. The van der Waals surface area contributed by atoms with Gasteiger partial charge in [0.25, 0.3) is 11.8 Å². The predicted octanol–water partition coefficient (Wildman–Crippen LogP) is 4.28. The van der Waals surface area contributed by atoms with Crippen molar-refractivity contribution in [1.29, 1.82) is 0 Å². The predicted molar refractivity (Wildman–Crippen MR) is 112 cm³/mol. The van der Waals surface area contributed by atoms with E-state index in [-0.39, 0.29) is 17.6 Å². The van der Waals surface area contributed by atoms with Crippen LogP contribution in [0.25, 0.3) is 11.3 Å². The number of nitrogens with one attached hydrogen (secondary N) is 1. The van der Waals surface area contributed by atoms with Gasteiger partial charge < -0.3 is 14.6 Å². The molecule has 1 N–H and O–H groups in total. The van der Waals surface area contributed by atoms with Crippen LogP contribution in [0.5, 0.6) is 0 Å². The third-order valence-corrected chi connectivity index (χ3v) is 5.18. The van der Waals surface area contributed by atoms with Gasteiger partial charge in [-0.05, 0) is 48.2 Å². The second-order valence-corrected chi connectivity index (χ2v) is 7.25. The number of fused-ring (bicyclic) bond motifs is 1. The Kier molecular flexibility index (Phi) is 5.47. The summed E-state index contributed by atoms with van der Waals surface area (Å²) in [5.41, 5.74) is 3.92. The van der Waals surface area contributed by atoms with Gasteiger partial charge in [0.1, 0.15) is 5.76 Å². The quantitative estimate of drug-likeness (QED) is 0.709. The number of benzene rings is 2. The second-order valence-electron chi connectivity index (χ2n) is 7.25. The van der Waals surface area contributed by atoms with Crippen molar-refractivity contribution in [3.05, 3.63) is 83.1 Å². The Bertz CT molecular complexity index is 1040. The van der Waals surface area contributed by atoms with Crippen LogP contribution in [0.4, 0.5) is 0 Å². The summed E-state index contributed by atoms with van der Waals surface area (Å²) in [7, 11) is 0. The summed E-state index contributed by atoms with van der Waals surface area (Å²) in [5, 5.41) is 2.80. The van der Waals surface area contributed by atoms with Crippen LogP contribution in [0.3, 0.4) is 0 Å². The zero-order valence-electron chi connectivity index (χ0n) is 16.5. The molecule has 1 aliphatic rings. The van der Waals surface area contributed by atoms with Crippen molar-refractivity contribution in [2.24, 2.45) is 0 Å². The van der Waals surface area contributed by atoms with E-state index in [1.165, 1.54) is 11.1 Å². The minimum Gasteiger partial charge on any atom is -0.451 e. The highest BCUT2D eigenvalue weighted by atomic mass is 16.3. The number of furan rings is 1. The van der Waals surface area contributed by atoms with Crippen molar-refractivity contribution in [3.8, 4) is 11.3 Å². The molecule has 0 unspecified atom stereocenters. The van der Waals surface area contributed by atoms with Crippen molar-refractivity contribution in [2.75, 3.05) is 13.1 Å². The summed E-state index contributed by atoms with van der Waals surface area (Å²) in [6, 6.07) is 19.1. The SMILES string of the molecule is CCCNC(=O)c1ccc(-c2cccc(C(=O)N3CCc4ccccc4C3)c2)o1. The normalized spacial score (nSPS) is 13.1. The lowest BCUT2D eigenvalue weighted by atomic mass is 9.99. The fraction of sp³-hybridized carbons (Fsp3) is 0.250. The van der Waals surface area contributed by atoms with E-state index in [2.05, 4.69) is 17.4 Å². The smallest absolute Gasteiger partial charge is 0.287 e. The molecule has 0 atom stereocenters. The maximum absolute atomic E-state index is 13.1. The third-order valence-electron chi connectivity index (χ3n) is 5.18. The molecule has 1 aliphatic heterocycles. The lowest BCUT2D eigenvalue weighted by Crippen LogP contribution is -2.35. The fourth-order valence-electron chi connectivity index (χ4n) is 3.60. The van der Waals surface area contributed by atoms with Crippen LogP contribution in [0.1, 0.15) is 45.4 Å². The molecule has 2 amide bonds. The van der Waals surface area contributed by atoms with E-state index >= 15 is 0 Å². The minimum atomic E-state index is -0.225. The molecule has 0 saturated heterocycles. The average molecular weight is 388 g/mol. The standard InChI is InChI=1S/C24H24N2O3/c1-2-13-25-23(27)22-11-10-21(29-22)18-8-5-9-19(15-18)24(28)26-14-12-17-6-3-4-7-20(17)16-26/h3-11,15H,2,12-14,16H2,1H3,(H,25,27). The van der Waals surface area contributed by atoms with Crippen molar-refractivity contribution in [2.45, 2.75) is 26.3 Å². The van der Waals surface area contributed by atoms with E-state index in [4.69, 9.17) is 4.42 Å². The molecule has 148 valence electrons. The highest BCUT2D eigenvalue weighted by Gasteiger charge is 2.22. The number of nitrogens with zero attached hydrogens (tertiary/aromatic N) is 1. The lowest BCUT2D eigenvalue weighted by molar-refractivity contribution is 0.0734. The highest BCUT2D eigenvalue weighted by Crippen LogP contribution is 2.25. The van der Waals surface area contributed by atoms with E-state index in [0.29, 0.717) is 31.0 Å². The number of rotatable bonds is 5. The van der Waals surface area contributed by atoms with E-state index in [9.17, 15) is 9.59 Å². The first-order valence-corrected chi connectivity index (χ1v) is 10.00. The maximum atomic E-state index is 13.1. The summed E-state index contributed by atoms with van der Waals surface area (Å²) >= 11 is 0. The number of hydrogen-bond donors (Lipinski definition) is 1. The molecule has 2 heterocycles. The van der Waals surface area contributed by atoms with Gasteiger partial charge in [0.2, 0.25) is 0 Å². The van der Waals surface area contributed by atoms with Gasteiger partial charge in [-0.1, -0.05) is 43.3 Å². The van der Waals surface area contributed by atoms with Gasteiger partial charge >= 0.3 is 0 Å². The van der Waals surface area contributed by atoms with Gasteiger partial charge in [0.05, 0.1) is 0 Å². The Balaban J connectivity index is 1.51. The van der Waals surface area contributed by atoms with Crippen LogP contribution in [-0.4, -0.2) is 29.8 Å². The minimum absolute atomic E-state index is 0.00817. The van der Waals surface area contributed by atoms with Crippen molar-refractivity contribution in [3.63, 3.8) is 0 Å². The zero-order chi connectivity index (χ0) is 20.2. The Morgan fingerprint density at radius 1 is 1.03 bits per heavy atom. The Labute approximate surface area is 170 Å². The van der Waals surface area contributed by atoms with Gasteiger partial charge in [-0.3, -0.25) is 9.59 Å². The molecule has 0 aliphatic carbocycles. The summed E-state index contributed by atoms with van der Waals surface area (Å²) in [6.07, 6.45) is 1.74. The van der Waals surface area contributed by atoms with Crippen molar-refractivity contribution in [1.82, 2.24) is 10.2 Å². The first-order chi connectivity index (χ1) is 14.2. The van der Waals surface area contributed by atoms with Crippen molar-refractivity contribution >= 4 is 11.8 Å². The topological polar surface area (TPSA) is 62.6 Å². The molecule has 4 rings (SSSR count). The second kappa shape index (κ2) is 8.35. The number of carbonyl (C=O) groups is 2. The fourth-order valence-corrected chi connectivity index (χ4v) is 3.60. The molecule has 5 nitrogen and oxygen atoms in total. The molecule has 0 bridgehead atoms.